The van der Waals surface area contributed by atoms with E-state index in [9.17, 15) is 0 Å². The Hall–Kier alpha value is -0.840. The SMILES string of the molecule is CCOCCn1c2cc(Br)ccc2c2ccc(Br)cc21. The molecule has 4 heteroatoms. The second-order valence-corrected chi connectivity index (χ2v) is 6.50. The van der Waals surface area contributed by atoms with E-state index in [0.29, 0.717) is 0 Å². The molecule has 0 unspecified atom stereocenters. The Bertz CT molecular complexity index is 705. The van der Waals surface area contributed by atoms with Crippen molar-refractivity contribution in [2.24, 2.45) is 0 Å². The Morgan fingerprint density at radius 1 is 0.950 bits per heavy atom. The number of fused-ring (bicyclic) bond motifs is 3. The first-order valence-corrected chi connectivity index (χ1v) is 8.24. The average Bonchev–Trinajstić information content (AvgIpc) is 2.72. The third-order valence-electron chi connectivity index (χ3n) is 3.45. The first kappa shape index (κ1) is 14.1. The predicted molar refractivity (Wildman–Crippen MR) is 91.3 cm³/mol. The van der Waals surface area contributed by atoms with Crippen molar-refractivity contribution in [3.05, 3.63) is 45.3 Å². The number of nitrogens with zero attached hydrogens (tertiary/aromatic N) is 1. The molecule has 1 aromatic heterocycles. The number of rotatable bonds is 4. The lowest BCUT2D eigenvalue weighted by Gasteiger charge is -2.08. The van der Waals surface area contributed by atoms with Crippen LogP contribution in [0, 0.1) is 0 Å². The largest absolute Gasteiger partial charge is 0.380 e. The van der Waals surface area contributed by atoms with Gasteiger partial charge in [-0.05, 0) is 31.2 Å². The van der Waals surface area contributed by atoms with E-state index >= 15 is 0 Å². The van der Waals surface area contributed by atoms with Gasteiger partial charge in [-0.3, -0.25) is 0 Å². The minimum atomic E-state index is 0.731. The molecular formula is C16H15Br2NO. The number of ether oxygens (including phenoxy) is 1. The van der Waals surface area contributed by atoms with Crippen LogP contribution in [0.3, 0.4) is 0 Å². The van der Waals surface area contributed by atoms with Gasteiger partial charge in [-0.25, -0.2) is 0 Å². The standard InChI is InChI=1S/C16H15Br2NO/c1-2-20-8-7-19-15-9-11(17)3-5-13(15)14-6-4-12(18)10-16(14)19/h3-6,9-10H,2,7-8H2,1H3. The van der Waals surface area contributed by atoms with Crippen LogP contribution < -0.4 is 0 Å². The van der Waals surface area contributed by atoms with Crippen LogP contribution in [0.25, 0.3) is 21.8 Å². The summed E-state index contributed by atoms with van der Waals surface area (Å²) in [4.78, 5) is 0. The van der Waals surface area contributed by atoms with Gasteiger partial charge in [0.2, 0.25) is 0 Å². The van der Waals surface area contributed by atoms with Gasteiger partial charge in [-0.15, -0.1) is 0 Å². The lowest BCUT2D eigenvalue weighted by atomic mass is 10.2. The summed E-state index contributed by atoms with van der Waals surface area (Å²) in [5.41, 5.74) is 2.49. The summed E-state index contributed by atoms with van der Waals surface area (Å²) in [6.45, 7) is 4.37. The zero-order chi connectivity index (χ0) is 14.1. The van der Waals surface area contributed by atoms with E-state index in [0.717, 1.165) is 28.7 Å². The Morgan fingerprint density at radius 3 is 2.00 bits per heavy atom. The molecule has 2 aromatic carbocycles. The van der Waals surface area contributed by atoms with Crippen molar-refractivity contribution in [2.45, 2.75) is 13.5 Å². The number of aromatic nitrogens is 1. The minimum Gasteiger partial charge on any atom is -0.380 e. The third-order valence-corrected chi connectivity index (χ3v) is 4.44. The zero-order valence-electron chi connectivity index (χ0n) is 11.2. The molecule has 0 spiro atoms. The molecule has 3 rings (SSSR count). The molecule has 2 nitrogen and oxygen atoms in total. The summed E-state index contributed by atoms with van der Waals surface area (Å²) in [6, 6.07) is 12.9. The molecule has 0 radical (unpaired) electrons. The molecule has 0 aliphatic rings. The monoisotopic (exact) mass is 395 g/mol. The van der Waals surface area contributed by atoms with Gasteiger partial charge in [0, 0.05) is 32.9 Å². The van der Waals surface area contributed by atoms with Crippen LogP contribution in [0.4, 0.5) is 0 Å². The Morgan fingerprint density at radius 2 is 1.50 bits per heavy atom. The van der Waals surface area contributed by atoms with E-state index in [1.54, 1.807) is 0 Å². The highest BCUT2D eigenvalue weighted by Gasteiger charge is 2.11. The highest BCUT2D eigenvalue weighted by molar-refractivity contribution is 9.10. The minimum absolute atomic E-state index is 0.731. The second kappa shape index (κ2) is 5.88. The fourth-order valence-corrected chi connectivity index (χ4v) is 3.28. The molecule has 0 amide bonds. The Balaban J connectivity index is 2.24. The van der Waals surface area contributed by atoms with Crippen molar-refractivity contribution >= 4 is 53.7 Å². The molecule has 0 bridgehead atoms. The maximum atomic E-state index is 5.52. The van der Waals surface area contributed by atoms with Crippen LogP contribution in [0.15, 0.2) is 45.3 Å². The molecule has 104 valence electrons. The van der Waals surface area contributed by atoms with Crippen molar-refractivity contribution in [1.29, 1.82) is 0 Å². The summed E-state index contributed by atoms with van der Waals surface area (Å²) in [7, 11) is 0. The van der Waals surface area contributed by atoms with Crippen molar-refractivity contribution in [1.82, 2.24) is 4.57 Å². The summed E-state index contributed by atoms with van der Waals surface area (Å²) >= 11 is 7.13. The van der Waals surface area contributed by atoms with Gasteiger partial charge >= 0.3 is 0 Å². The van der Waals surface area contributed by atoms with Gasteiger partial charge in [0.25, 0.3) is 0 Å². The van der Waals surface area contributed by atoms with Crippen LogP contribution in [-0.4, -0.2) is 17.8 Å². The Kier molecular flexibility index (Phi) is 4.15. The molecule has 0 aliphatic carbocycles. The predicted octanol–water partition coefficient (Wildman–Crippen LogP) is 5.36. The molecular weight excluding hydrogens is 382 g/mol. The smallest absolute Gasteiger partial charge is 0.0645 e. The quantitative estimate of drug-likeness (QED) is 0.541. The Labute approximate surface area is 135 Å². The van der Waals surface area contributed by atoms with Crippen molar-refractivity contribution in [2.75, 3.05) is 13.2 Å². The molecule has 1 heterocycles. The van der Waals surface area contributed by atoms with E-state index in [-0.39, 0.29) is 0 Å². The number of hydrogen-bond donors (Lipinski definition) is 0. The van der Waals surface area contributed by atoms with Crippen LogP contribution in [0.1, 0.15) is 6.92 Å². The van der Waals surface area contributed by atoms with Crippen LogP contribution >= 0.6 is 31.9 Å². The van der Waals surface area contributed by atoms with Gasteiger partial charge < -0.3 is 9.30 Å². The summed E-state index contributed by atoms with van der Waals surface area (Å²) in [6.07, 6.45) is 0. The first-order valence-electron chi connectivity index (χ1n) is 6.65. The lowest BCUT2D eigenvalue weighted by molar-refractivity contribution is 0.140. The number of halogens is 2. The second-order valence-electron chi connectivity index (χ2n) is 4.67. The molecule has 3 aromatic rings. The van der Waals surface area contributed by atoms with Crippen molar-refractivity contribution < 1.29 is 4.74 Å². The van der Waals surface area contributed by atoms with Gasteiger partial charge in [0.15, 0.2) is 0 Å². The molecule has 0 atom stereocenters. The van der Waals surface area contributed by atoms with E-state index in [1.807, 2.05) is 6.92 Å². The summed E-state index contributed by atoms with van der Waals surface area (Å²) in [5.74, 6) is 0. The van der Waals surface area contributed by atoms with Gasteiger partial charge in [-0.1, -0.05) is 44.0 Å². The molecule has 0 saturated heterocycles. The molecule has 0 saturated carbocycles. The highest BCUT2D eigenvalue weighted by atomic mass is 79.9. The molecule has 0 N–H and O–H groups in total. The summed E-state index contributed by atoms with van der Waals surface area (Å²) < 4.78 is 10.1. The summed E-state index contributed by atoms with van der Waals surface area (Å²) in [5, 5.41) is 2.57. The van der Waals surface area contributed by atoms with E-state index in [4.69, 9.17) is 4.74 Å². The topological polar surface area (TPSA) is 14.2 Å². The fraction of sp³-hybridized carbons (Fsp3) is 0.250. The molecule has 20 heavy (non-hydrogen) atoms. The third kappa shape index (κ3) is 2.52. The van der Waals surface area contributed by atoms with Crippen LogP contribution in [-0.2, 0) is 11.3 Å². The van der Waals surface area contributed by atoms with Gasteiger partial charge in [0.1, 0.15) is 0 Å². The highest BCUT2D eigenvalue weighted by Crippen LogP contribution is 2.32. The lowest BCUT2D eigenvalue weighted by Crippen LogP contribution is -2.05. The van der Waals surface area contributed by atoms with E-state index in [2.05, 4.69) is 72.8 Å². The maximum absolute atomic E-state index is 5.52. The van der Waals surface area contributed by atoms with Crippen molar-refractivity contribution in [3.63, 3.8) is 0 Å². The van der Waals surface area contributed by atoms with E-state index in [1.165, 1.54) is 21.8 Å². The van der Waals surface area contributed by atoms with Gasteiger partial charge in [0.05, 0.1) is 17.6 Å². The van der Waals surface area contributed by atoms with Gasteiger partial charge in [-0.2, -0.15) is 0 Å². The molecule has 0 aliphatic heterocycles. The molecule has 0 fully saturated rings. The van der Waals surface area contributed by atoms with Crippen LogP contribution in [0.5, 0.6) is 0 Å². The number of benzene rings is 2. The van der Waals surface area contributed by atoms with Crippen LogP contribution in [0.2, 0.25) is 0 Å². The van der Waals surface area contributed by atoms with E-state index < -0.39 is 0 Å². The average molecular weight is 397 g/mol. The normalized spacial score (nSPS) is 11.6. The zero-order valence-corrected chi connectivity index (χ0v) is 14.4. The maximum Gasteiger partial charge on any atom is 0.0645 e. The fourth-order valence-electron chi connectivity index (χ4n) is 2.58. The number of hydrogen-bond acceptors (Lipinski definition) is 1. The first-order chi connectivity index (χ1) is 9.70. The van der Waals surface area contributed by atoms with Crippen molar-refractivity contribution in [3.8, 4) is 0 Å².